The fourth-order valence-corrected chi connectivity index (χ4v) is 8.77. The summed E-state index contributed by atoms with van der Waals surface area (Å²) in [6.07, 6.45) is 10.7. The third-order valence-corrected chi connectivity index (χ3v) is 12.5. The van der Waals surface area contributed by atoms with Crippen LogP contribution in [0.1, 0.15) is 75.5 Å². The van der Waals surface area contributed by atoms with E-state index in [4.69, 9.17) is 10.1 Å². The van der Waals surface area contributed by atoms with E-state index in [1.807, 2.05) is 29.1 Å². The number of nitrogens with one attached hydrogen (secondary N) is 2. The van der Waals surface area contributed by atoms with Crippen molar-refractivity contribution in [2.75, 3.05) is 30.4 Å². The van der Waals surface area contributed by atoms with Crippen molar-refractivity contribution >= 4 is 50.2 Å². The van der Waals surface area contributed by atoms with Gasteiger partial charge in [-0.15, -0.1) is 0 Å². The lowest BCUT2D eigenvalue weighted by molar-refractivity contribution is -0.134. The van der Waals surface area contributed by atoms with Crippen LogP contribution in [0.25, 0.3) is 22.3 Å². The summed E-state index contributed by atoms with van der Waals surface area (Å²) in [6.45, 7) is 6.78. The molecule has 1 atom stereocenters. The number of aromatic nitrogens is 7. The van der Waals surface area contributed by atoms with Gasteiger partial charge in [-0.05, 0) is 70.2 Å². The third-order valence-electron chi connectivity index (χ3n) is 10.4. The molecular weight excluding hydrogens is 695 g/mol. The van der Waals surface area contributed by atoms with Crippen LogP contribution < -0.4 is 15.5 Å². The van der Waals surface area contributed by atoms with Crippen molar-refractivity contribution in [3.63, 3.8) is 0 Å². The summed E-state index contributed by atoms with van der Waals surface area (Å²) in [5.74, 6) is 1.74. The molecule has 1 aliphatic carbocycles. The van der Waals surface area contributed by atoms with E-state index < -0.39 is 10.0 Å². The van der Waals surface area contributed by atoms with Crippen LogP contribution in [-0.4, -0.2) is 90.5 Å². The monoisotopic (exact) mass is 737 g/mol. The number of hydrogen-bond acceptors (Lipinski definition) is 12. The van der Waals surface area contributed by atoms with E-state index in [1.165, 1.54) is 18.0 Å². The number of fused-ring (bicyclic) bond motifs is 1. The van der Waals surface area contributed by atoms with Gasteiger partial charge in [0.25, 0.3) is 10.0 Å². The predicted octanol–water partition coefficient (Wildman–Crippen LogP) is 4.37. The highest BCUT2D eigenvalue weighted by Crippen LogP contribution is 2.33. The molecule has 2 N–H and O–H groups in total. The molecule has 0 spiro atoms. The summed E-state index contributed by atoms with van der Waals surface area (Å²) < 4.78 is 28.3. The number of carbonyl (C=O) groups excluding carboxylic acids is 2. The van der Waals surface area contributed by atoms with Crippen molar-refractivity contribution in [1.29, 1.82) is 0 Å². The highest BCUT2D eigenvalue weighted by atomic mass is 32.2. The van der Waals surface area contributed by atoms with Crippen LogP contribution in [-0.2, 0) is 26.2 Å². The Morgan fingerprint density at radius 2 is 1.75 bits per heavy atom. The van der Waals surface area contributed by atoms with E-state index in [2.05, 4.69) is 68.5 Å². The first-order chi connectivity index (χ1) is 25.5. The summed E-state index contributed by atoms with van der Waals surface area (Å²) in [5.41, 5.74) is 3.62. The second-order valence-electron chi connectivity index (χ2n) is 14.6. The maximum atomic E-state index is 12.6. The van der Waals surface area contributed by atoms with E-state index in [-0.39, 0.29) is 29.0 Å². The van der Waals surface area contributed by atoms with Crippen LogP contribution in [0.5, 0.6) is 0 Å². The number of carbonyl (C=O) groups is 2. The van der Waals surface area contributed by atoms with Crippen molar-refractivity contribution in [2.24, 2.45) is 0 Å². The molecule has 2 aliphatic heterocycles. The Morgan fingerprint density at radius 3 is 2.47 bits per heavy atom. The number of pyridine rings is 1. The molecule has 2 saturated heterocycles. The molecule has 1 aromatic carbocycles. The van der Waals surface area contributed by atoms with E-state index in [9.17, 15) is 18.0 Å². The normalized spacial score (nSPS) is 18.7. The van der Waals surface area contributed by atoms with Gasteiger partial charge in [0.2, 0.25) is 11.8 Å². The number of imide groups is 1. The molecule has 16 heteroatoms. The first-order valence-electron chi connectivity index (χ1n) is 18.2. The van der Waals surface area contributed by atoms with Gasteiger partial charge in [0.15, 0.2) is 11.6 Å². The molecule has 3 fully saturated rings. The second-order valence-corrected chi connectivity index (χ2v) is 16.6. The molecule has 2 amide bonds. The van der Waals surface area contributed by atoms with Crippen molar-refractivity contribution in [3.8, 4) is 11.4 Å². The zero-order chi connectivity index (χ0) is 36.9. The Morgan fingerprint density at radius 1 is 0.981 bits per heavy atom. The quantitative estimate of drug-likeness (QED) is 0.184. The average Bonchev–Trinajstić information content (AvgIpc) is 3.77. The first-order valence-corrected chi connectivity index (χ1v) is 19.7. The van der Waals surface area contributed by atoms with Gasteiger partial charge in [0.05, 0.1) is 40.0 Å². The number of hydrogen-bond donors (Lipinski definition) is 2. The van der Waals surface area contributed by atoms with E-state index in [0.29, 0.717) is 54.7 Å². The number of benzene rings is 1. The fraction of sp³-hybridized carbons (Fsp3) is 0.432. The Kier molecular flexibility index (Phi) is 9.18. The minimum Gasteiger partial charge on any atom is -0.354 e. The number of nitrogens with zero attached hydrogens (tertiary/aromatic N) is 9. The van der Waals surface area contributed by atoms with Gasteiger partial charge in [-0.2, -0.15) is 14.3 Å². The van der Waals surface area contributed by atoms with Crippen LogP contribution in [0, 0.1) is 0 Å². The van der Waals surface area contributed by atoms with Crippen LogP contribution in [0.15, 0.2) is 61.2 Å². The minimum atomic E-state index is -3.48. The highest BCUT2D eigenvalue weighted by Gasteiger charge is 2.38. The molecule has 1 unspecified atom stereocenters. The Bertz CT molecular complexity index is 2270. The zero-order valence-corrected chi connectivity index (χ0v) is 30.8. The average molecular weight is 738 g/mol. The van der Waals surface area contributed by atoms with Gasteiger partial charge < -0.3 is 10.2 Å². The molecule has 15 nitrogen and oxygen atoms in total. The summed E-state index contributed by atoms with van der Waals surface area (Å²) in [7, 11) is -1.31. The number of amides is 2. The lowest BCUT2D eigenvalue weighted by Gasteiger charge is -2.37. The number of piperidine rings is 2. The van der Waals surface area contributed by atoms with E-state index in [1.54, 1.807) is 12.3 Å². The van der Waals surface area contributed by atoms with Gasteiger partial charge in [-0.25, -0.2) is 23.4 Å². The Labute approximate surface area is 307 Å². The SMILES string of the molecule is CC(C)n1nc(N2CCC(N(C)Cc3ccc(C4CCC(=O)NC4=O)cc3)CC2)c2cnc(Nc3ccnc(-c4cnn(S(=O)(=O)C5CC5)c4)n3)cc21. The standard InChI is InChI=1S/C37H43N11O4S/c1-23(2)48-31-18-33(41-32-12-15-38-35(42-32)26-19-40-47(22-26)53(51,52)28-8-9-28)39-20-30(31)36(44-48)46-16-13-27(14-17-46)45(3)21-24-4-6-25(7-5-24)29-10-11-34(49)43-37(29)50/h4-7,12,15,18-20,22-23,27-29H,8-11,13-14,16-17,21H2,1-3H3,(H,43,49,50)(H,38,39,41,42). The van der Waals surface area contributed by atoms with Gasteiger partial charge in [0.1, 0.15) is 11.6 Å². The molecule has 3 aliphatic rings. The number of rotatable bonds is 11. The molecule has 5 aromatic rings. The van der Waals surface area contributed by atoms with Crippen molar-refractivity contribution in [1.82, 2.24) is 44.1 Å². The van der Waals surface area contributed by atoms with Gasteiger partial charge >= 0.3 is 0 Å². The van der Waals surface area contributed by atoms with Gasteiger partial charge in [-0.1, -0.05) is 24.3 Å². The molecule has 0 bridgehead atoms. The van der Waals surface area contributed by atoms with Crippen LogP contribution in [0.4, 0.5) is 17.5 Å². The molecule has 4 aromatic heterocycles. The molecule has 6 heterocycles. The Hall–Kier alpha value is -5.22. The maximum absolute atomic E-state index is 12.6. The van der Waals surface area contributed by atoms with Gasteiger partial charge in [0, 0.05) is 56.6 Å². The summed E-state index contributed by atoms with van der Waals surface area (Å²) in [4.78, 5) is 42.3. The molecule has 1 saturated carbocycles. The molecule has 8 rings (SSSR count). The first kappa shape index (κ1) is 34.8. The van der Waals surface area contributed by atoms with E-state index in [0.717, 1.165) is 58.8 Å². The summed E-state index contributed by atoms with van der Waals surface area (Å²) in [6, 6.07) is 12.5. The van der Waals surface area contributed by atoms with Crippen molar-refractivity contribution in [2.45, 2.75) is 82.2 Å². The fourth-order valence-electron chi connectivity index (χ4n) is 7.29. The summed E-state index contributed by atoms with van der Waals surface area (Å²) in [5, 5.41) is 15.5. The van der Waals surface area contributed by atoms with Crippen LogP contribution in [0.2, 0.25) is 0 Å². The second kappa shape index (κ2) is 14.0. The molecule has 0 radical (unpaired) electrons. The van der Waals surface area contributed by atoms with Crippen LogP contribution >= 0.6 is 0 Å². The number of anilines is 3. The topological polar surface area (TPSA) is 173 Å². The minimum absolute atomic E-state index is 0.126. The van der Waals surface area contributed by atoms with E-state index >= 15 is 0 Å². The maximum Gasteiger partial charge on any atom is 0.256 e. The van der Waals surface area contributed by atoms with Crippen molar-refractivity contribution < 1.29 is 18.0 Å². The lowest BCUT2D eigenvalue weighted by atomic mass is 9.90. The smallest absolute Gasteiger partial charge is 0.256 e. The van der Waals surface area contributed by atoms with Gasteiger partial charge in [-0.3, -0.25) is 24.5 Å². The zero-order valence-electron chi connectivity index (χ0n) is 30.0. The predicted molar refractivity (Wildman–Crippen MR) is 200 cm³/mol. The highest BCUT2D eigenvalue weighted by molar-refractivity contribution is 7.90. The molecule has 53 heavy (non-hydrogen) atoms. The summed E-state index contributed by atoms with van der Waals surface area (Å²) >= 11 is 0. The Balaban J connectivity index is 0.921. The van der Waals surface area contributed by atoms with Crippen LogP contribution in [0.3, 0.4) is 0 Å². The lowest BCUT2D eigenvalue weighted by Crippen LogP contribution is -2.43. The molecular formula is C37H43N11O4S. The van der Waals surface area contributed by atoms with Crippen molar-refractivity contribution in [3.05, 3.63) is 72.3 Å². The third kappa shape index (κ3) is 7.12. The molecule has 276 valence electrons. The largest absolute Gasteiger partial charge is 0.354 e.